The highest BCUT2D eigenvalue weighted by atomic mass is 79.9. The highest BCUT2D eigenvalue weighted by Crippen LogP contribution is 2.10. The summed E-state index contributed by atoms with van der Waals surface area (Å²) in [4.78, 5) is 24.0. The Bertz CT molecular complexity index is 517. The molecule has 0 aliphatic rings. The maximum Gasteiger partial charge on any atom is 0.251 e. The van der Waals surface area contributed by atoms with Gasteiger partial charge in [0.1, 0.15) is 6.04 Å². The van der Waals surface area contributed by atoms with Crippen molar-refractivity contribution in [1.29, 1.82) is 0 Å². The maximum atomic E-state index is 12.0. The molecule has 0 spiro atoms. The van der Waals surface area contributed by atoms with Crippen molar-refractivity contribution in [3.63, 3.8) is 0 Å². The SMILES string of the molecule is C=CCC(CO)CNC(=O)C(C)NC(=O)c1ccc(Br)cc1. The number of allylic oxidation sites excluding steroid dienone is 1. The number of hydrogen-bond donors (Lipinski definition) is 3. The molecular weight excluding hydrogens is 348 g/mol. The number of nitrogens with one attached hydrogen (secondary N) is 2. The number of aliphatic hydroxyl groups excluding tert-OH is 1. The van der Waals surface area contributed by atoms with Gasteiger partial charge < -0.3 is 15.7 Å². The van der Waals surface area contributed by atoms with Crippen LogP contribution in [0.3, 0.4) is 0 Å². The Morgan fingerprint density at radius 2 is 2.00 bits per heavy atom. The molecule has 0 aliphatic heterocycles. The lowest BCUT2D eigenvalue weighted by Gasteiger charge is -2.17. The molecule has 22 heavy (non-hydrogen) atoms. The van der Waals surface area contributed by atoms with E-state index in [2.05, 4.69) is 33.1 Å². The number of carbonyl (C=O) groups excluding carboxylic acids is 2. The van der Waals surface area contributed by atoms with E-state index < -0.39 is 6.04 Å². The van der Waals surface area contributed by atoms with Gasteiger partial charge in [-0.05, 0) is 37.6 Å². The molecule has 2 atom stereocenters. The van der Waals surface area contributed by atoms with Crippen molar-refractivity contribution in [2.24, 2.45) is 5.92 Å². The Kier molecular flexibility index (Phi) is 7.84. The van der Waals surface area contributed by atoms with Crippen LogP contribution < -0.4 is 10.6 Å². The number of benzene rings is 1. The molecule has 0 heterocycles. The topological polar surface area (TPSA) is 78.4 Å². The van der Waals surface area contributed by atoms with E-state index in [4.69, 9.17) is 5.11 Å². The average molecular weight is 369 g/mol. The maximum absolute atomic E-state index is 12.0. The van der Waals surface area contributed by atoms with Crippen molar-refractivity contribution in [2.45, 2.75) is 19.4 Å². The van der Waals surface area contributed by atoms with Crippen LogP contribution in [0.5, 0.6) is 0 Å². The number of hydrogen-bond acceptors (Lipinski definition) is 3. The first-order chi connectivity index (χ1) is 10.5. The molecule has 3 N–H and O–H groups in total. The number of carbonyl (C=O) groups is 2. The standard InChI is InChI=1S/C16H21BrN2O3/c1-3-4-12(10-20)9-18-15(21)11(2)19-16(22)13-5-7-14(17)8-6-13/h3,5-8,11-12,20H,1,4,9-10H2,2H3,(H,18,21)(H,19,22). The summed E-state index contributed by atoms with van der Waals surface area (Å²) >= 11 is 3.30. The quantitative estimate of drug-likeness (QED) is 0.612. The molecule has 0 saturated heterocycles. The van der Waals surface area contributed by atoms with E-state index in [0.29, 0.717) is 18.5 Å². The van der Waals surface area contributed by atoms with Crippen molar-refractivity contribution in [3.8, 4) is 0 Å². The molecule has 5 nitrogen and oxygen atoms in total. The molecule has 1 aromatic rings. The number of amides is 2. The lowest BCUT2D eigenvalue weighted by molar-refractivity contribution is -0.122. The van der Waals surface area contributed by atoms with E-state index in [0.717, 1.165) is 4.47 Å². The van der Waals surface area contributed by atoms with Gasteiger partial charge in [-0.1, -0.05) is 22.0 Å². The monoisotopic (exact) mass is 368 g/mol. The second kappa shape index (κ2) is 9.38. The fourth-order valence-corrected chi connectivity index (χ4v) is 2.07. The van der Waals surface area contributed by atoms with E-state index in [9.17, 15) is 9.59 Å². The third-order valence-corrected chi connectivity index (χ3v) is 3.70. The van der Waals surface area contributed by atoms with Gasteiger partial charge in [-0.2, -0.15) is 0 Å². The molecule has 0 fully saturated rings. The van der Waals surface area contributed by atoms with E-state index in [1.54, 1.807) is 37.3 Å². The van der Waals surface area contributed by atoms with Crippen molar-refractivity contribution in [3.05, 3.63) is 47.0 Å². The summed E-state index contributed by atoms with van der Waals surface area (Å²) < 4.78 is 0.882. The first-order valence-electron chi connectivity index (χ1n) is 7.03. The normalized spacial score (nSPS) is 13.0. The van der Waals surface area contributed by atoms with Gasteiger partial charge in [0.05, 0.1) is 0 Å². The molecule has 0 aliphatic carbocycles. The third-order valence-electron chi connectivity index (χ3n) is 3.17. The van der Waals surface area contributed by atoms with Crippen LogP contribution in [0.4, 0.5) is 0 Å². The highest BCUT2D eigenvalue weighted by Gasteiger charge is 2.17. The number of aliphatic hydroxyl groups is 1. The van der Waals surface area contributed by atoms with E-state index in [1.165, 1.54) is 0 Å². The summed E-state index contributed by atoms with van der Waals surface area (Å²) in [6, 6.07) is 6.23. The molecule has 0 aromatic heterocycles. The van der Waals surface area contributed by atoms with Crippen molar-refractivity contribution < 1.29 is 14.7 Å². The van der Waals surface area contributed by atoms with Crippen molar-refractivity contribution >= 4 is 27.7 Å². The van der Waals surface area contributed by atoms with Crippen LogP contribution in [-0.2, 0) is 4.79 Å². The summed E-state index contributed by atoms with van der Waals surface area (Å²) in [5.74, 6) is -0.649. The van der Waals surface area contributed by atoms with Crippen LogP contribution >= 0.6 is 15.9 Å². The molecule has 120 valence electrons. The zero-order chi connectivity index (χ0) is 16.5. The molecule has 0 radical (unpaired) electrons. The van der Waals surface area contributed by atoms with Gasteiger partial charge in [0.15, 0.2) is 0 Å². The highest BCUT2D eigenvalue weighted by molar-refractivity contribution is 9.10. The summed E-state index contributed by atoms with van der Waals surface area (Å²) in [5.41, 5.74) is 0.489. The average Bonchev–Trinajstić information content (AvgIpc) is 2.51. The molecule has 0 saturated carbocycles. The van der Waals surface area contributed by atoms with Crippen LogP contribution in [0.15, 0.2) is 41.4 Å². The summed E-state index contributed by atoms with van der Waals surface area (Å²) in [7, 11) is 0. The summed E-state index contributed by atoms with van der Waals surface area (Å²) in [6.07, 6.45) is 2.32. The molecule has 2 amide bonds. The minimum atomic E-state index is -0.653. The first kappa shape index (κ1) is 18.4. The fourth-order valence-electron chi connectivity index (χ4n) is 1.80. The van der Waals surface area contributed by atoms with Gasteiger partial charge >= 0.3 is 0 Å². The Balaban J connectivity index is 2.48. The smallest absolute Gasteiger partial charge is 0.251 e. The second-order valence-electron chi connectivity index (χ2n) is 5.02. The summed E-state index contributed by atoms with van der Waals surface area (Å²) in [5, 5.41) is 14.5. The Hall–Kier alpha value is -1.66. The van der Waals surface area contributed by atoms with Gasteiger partial charge in [-0.25, -0.2) is 0 Å². The predicted molar refractivity (Wildman–Crippen MR) is 89.5 cm³/mol. The Labute approximate surface area is 138 Å². The zero-order valence-electron chi connectivity index (χ0n) is 12.5. The van der Waals surface area contributed by atoms with Gasteiger partial charge in [0.25, 0.3) is 5.91 Å². The molecule has 0 bridgehead atoms. The number of halogens is 1. The minimum Gasteiger partial charge on any atom is -0.396 e. The van der Waals surface area contributed by atoms with Crippen LogP contribution in [0.2, 0.25) is 0 Å². The van der Waals surface area contributed by atoms with Crippen LogP contribution in [-0.4, -0.2) is 36.1 Å². The Morgan fingerprint density at radius 1 is 1.36 bits per heavy atom. The fraction of sp³-hybridized carbons (Fsp3) is 0.375. The van der Waals surface area contributed by atoms with Gasteiger partial charge in [-0.3, -0.25) is 9.59 Å². The number of rotatable bonds is 8. The minimum absolute atomic E-state index is 0.0219. The van der Waals surface area contributed by atoms with E-state index >= 15 is 0 Å². The Morgan fingerprint density at radius 3 is 2.55 bits per heavy atom. The molecule has 6 heteroatoms. The molecular formula is C16H21BrN2O3. The molecule has 1 aromatic carbocycles. The van der Waals surface area contributed by atoms with Crippen molar-refractivity contribution in [2.75, 3.05) is 13.2 Å². The van der Waals surface area contributed by atoms with Gasteiger partial charge in [-0.15, -0.1) is 6.58 Å². The van der Waals surface area contributed by atoms with Gasteiger partial charge in [0.2, 0.25) is 5.91 Å². The summed E-state index contributed by atoms with van der Waals surface area (Å²) in [6.45, 7) is 5.55. The van der Waals surface area contributed by atoms with E-state index in [-0.39, 0.29) is 24.3 Å². The third kappa shape index (κ3) is 5.99. The van der Waals surface area contributed by atoms with Crippen molar-refractivity contribution in [1.82, 2.24) is 10.6 Å². The lowest BCUT2D eigenvalue weighted by atomic mass is 10.1. The predicted octanol–water partition coefficient (Wildman–Crippen LogP) is 1.87. The first-order valence-corrected chi connectivity index (χ1v) is 7.83. The van der Waals surface area contributed by atoms with Crippen LogP contribution in [0, 0.1) is 5.92 Å². The largest absolute Gasteiger partial charge is 0.396 e. The lowest BCUT2D eigenvalue weighted by Crippen LogP contribution is -2.46. The van der Waals surface area contributed by atoms with Gasteiger partial charge in [0, 0.05) is 29.1 Å². The van der Waals surface area contributed by atoms with Crippen LogP contribution in [0.1, 0.15) is 23.7 Å². The molecule has 1 rings (SSSR count). The zero-order valence-corrected chi connectivity index (χ0v) is 14.1. The van der Waals surface area contributed by atoms with E-state index in [1.807, 2.05) is 0 Å². The molecule has 2 unspecified atom stereocenters. The second-order valence-corrected chi connectivity index (χ2v) is 5.94. The van der Waals surface area contributed by atoms with Crippen LogP contribution in [0.25, 0.3) is 0 Å².